The van der Waals surface area contributed by atoms with Gasteiger partial charge in [0, 0.05) is 5.02 Å². The zero-order chi connectivity index (χ0) is 12.4. The lowest BCUT2D eigenvalue weighted by molar-refractivity contribution is 0.470. The van der Waals surface area contributed by atoms with E-state index in [0.29, 0.717) is 5.02 Å². The second kappa shape index (κ2) is 5.50. The van der Waals surface area contributed by atoms with Crippen LogP contribution >= 0.6 is 23.2 Å². The van der Waals surface area contributed by atoms with Gasteiger partial charge in [0.2, 0.25) is 0 Å². The molecule has 2 unspecified atom stereocenters. The Hall–Kier alpha value is -0.390. The molecule has 1 aromatic carbocycles. The summed E-state index contributed by atoms with van der Waals surface area (Å²) in [7, 11) is 0. The average Bonchev–Trinajstić information content (AvgIpc) is 2.72. The van der Waals surface area contributed by atoms with Crippen molar-refractivity contribution in [2.24, 2.45) is 0 Å². The lowest BCUT2D eigenvalue weighted by atomic mass is 10.0. The normalized spacial score (nSPS) is 24.2. The molecule has 0 bridgehead atoms. The van der Waals surface area contributed by atoms with E-state index in [-0.39, 0.29) is 17.2 Å². The minimum absolute atomic E-state index is 0.0154. The molecule has 2 rings (SSSR count). The average molecular weight is 278 g/mol. The van der Waals surface area contributed by atoms with Gasteiger partial charge in [0.1, 0.15) is 5.82 Å². The topological polar surface area (TPSA) is 36.1 Å². The van der Waals surface area contributed by atoms with Crippen molar-refractivity contribution in [2.45, 2.75) is 25.6 Å². The van der Waals surface area contributed by atoms with Gasteiger partial charge in [-0.05, 0) is 30.7 Å². The van der Waals surface area contributed by atoms with E-state index in [0.717, 1.165) is 18.5 Å². The van der Waals surface area contributed by atoms with Crippen LogP contribution in [0.3, 0.4) is 0 Å². The van der Waals surface area contributed by atoms with Gasteiger partial charge >= 0.3 is 0 Å². The van der Waals surface area contributed by atoms with Crippen LogP contribution in [0.25, 0.3) is 0 Å². The van der Waals surface area contributed by atoms with Gasteiger partial charge in [0.05, 0.1) is 17.2 Å². The quantitative estimate of drug-likeness (QED) is 0.744. The monoisotopic (exact) mass is 277 g/mol. The summed E-state index contributed by atoms with van der Waals surface area (Å²) < 4.78 is 13.4. The van der Waals surface area contributed by atoms with E-state index in [4.69, 9.17) is 23.2 Å². The molecule has 1 fully saturated rings. The number of halogens is 3. The van der Waals surface area contributed by atoms with Gasteiger partial charge in [-0.15, -0.1) is 0 Å². The van der Waals surface area contributed by atoms with E-state index in [2.05, 4.69) is 16.2 Å². The molecular weight excluding hydrogens is 264 g/mol. The molecule has 0 radical (unpaired) electrons. The van der Waals surface area contributed by atoms with Crippen LogP contribution in [0, 0.1) is 5.82 Å². The maximum absolute atomic E-state index is 13.4. The van der Waals surface area contributed by atoms with Crippen LogP contribution in [0.5, 0.6) is 0 Å². The van der Waals surface area contributed by atoms with Gasteiger partial charge in [0.25, 0.3) is 0 Å². The molecular formula is C11H14Cl2FN3. The molecule has 1 aromatic rings. The number of hydrazine groups is 1. The van der Waals surface area contributed by atoms with Crippen LogP contribution in [0.1, 0.15) is 24.9 Å². The van der Waals surface area contributed by atoms with Gasteiger partial charge in [-0.1, -0.05) is 30.1 Å². The Morgan fingerprint density at radius 3 is 2.82 bits per heavy atom. The zero-order valence-corrected chi connectivity index (χ0v) is 10.9. The first-order valence-corrected chi connectivity index (χ1v) is 6.26. The number of benzene rings is 1. The molecule has 0 saturated carbocycles. The number of nitrogens with one attached hydrogen (secondary N) is 3. The van der Waals surface area contributed by atoms with Crippen molar-refractivity contribution in [3.63, 3.8) is 0 Å². The van der Waals surface area contributed by atoms with Crippen molar-refractivity contribution < 1.29 is 4.39 Å². The van der Waals surface area contributed by atoms with E-state index in [1.165, 1.54) is 12.1 Å². The summed E-state index contributed by atoms with van der Waals surface area (Å²) in [6, 6.07) is 2.81. The molecule has 1 aliphatic rings. The highest BCUT2D eigenvalue weighted by Gasteiger charge is 2.26. The van der Waals surface area contributed by atoms with Crippen LogP contribution in [0.4, 0.5) is 4.39 Å². The van der Waals surface area contributed by atoms with E-state index in [9.17, 15) is 4.39 Å². The first-order valence-electron chi connectivity index (χ1n) is 5.50. The van der Waals surface area contributed by atoms with Crippen molar-refractivity contribution in [1.29, 1.82) is 0 Å². The maximum Gasteiger partial charge on any atom is 0.142 e. The smallest absolute Gasteiger partial charge is 0.142 e. The molecule has 6 heteroatoms. The fourth-order valence-corrected chi connectivity index (χ4v) is 2.46. The van der Waals surface area contributed by atoms with Crippen LogP contribution in [0.15, 0.2) is 12.1 Å². The Kier molecular flexibility index (Phi) is 4.22. The van der Waals surface area contributed by atoms with Crippen LogP contribution in [-0.2, 0) is 0 Å². The maximum atomic E-state index is 13.4. The summed E-state index contributed by atoms with van der Waals surface area (Å²) in [6.45, 7) is 2.90. The Balaban J connectivity index is 2.16. The third kappa shape index (κ3) is 2.89. The third-order valence-corrected chi connectivity index (χ3v) is 3.39. The lowest BCUT2D eigenvalue weighted by Gasteiger charge is -2.12. The highest BCUT2D eigenvalue weighted by Crippen LogP contribution is 2.31. The second-order valence-electron chi connectivity index (χ2n) is 3.98. The summed E-state index contributed by atoms with van der Waals surface area (Å²) in [6.07, 6.45) is 0.967. The molecule has 94 valence electrons. The van der Waals surface area contributed by atoms with E-state index in [1.807, 2.05) is 6.92 Å². The first-order chi connectivity index (χ1) is 8.11. The van der Waals surface area contributed by atoms with Crippen molar-refractivity contribution in [3.8, 4) is 0 Å². The predicted molar refractivity (Wildman–Crippen MR) is 67.5 cm³/mol. The van der Waals surface area contributed by atoms with Crippen molar-refractivity contribution in [2.75, 3.05) is 6.54 Å². The van der Waals surface area contributed by atoms with Gasteiger partial charge in [-0.25, -0.2) is 15.2 Å². The summed E-state index contributed by atoms with van der Waals surface area (Å²) in [5.74, 6) is -0.445. The molecule has 1 aliphatic heterocycles. The molecule has 0 aromatic heterocycles. The molecule has 0 amide bonds. The first kappa shape index (κ1) is 13.1. The molecule has 1 saturated heterocycles. The Bertz CT molecular complexity index is 414. The van der Waals surface area contributed by atoms with Gasteiger partial charge in [-0.3, -0.25) is 0 Å². The number of hydrogen-bond acceptors (Lipinski definition) is 3. The second-order valence-corrected chi connectivity index (χ2v) is 4.79. The van der Waals surface area contributed by atoms with Crippen molar-refractivity contribution in [1.82, 2.24) is 16.2 Å². The van der Waals surface area contributed by atoms with Gasteiger partial charge < -0.3 is 5.32 Å². The Labute approximate surface area is 110 Å². The molecule has 3 N–H and O–H groups in total. The summed E-state index contributed by atoms with van der Waals surface area (Å²) in [5.41, 5.74) is 6.90. The number of hydrogen-bond donors (Lipinski definition) is 3. The predicted octanol–water partition coefficient (Wildman–Crippen LogP) is 2.61. The van der Waals surface area contributed by atoms with E-state index >= 15 is 0 Å². The molecule has 2 atom stereocenters. The molecule has 0 aliphatic carbocycles. The largest absolute Gasteiger partial charge is 0.301 e. The fourth-order valence-electron chi connectivity index (χ4n) is 1.95. The minimum Gasteiger partial charge on any atom is -0.301 e. The summed E-state index contributed by atoms with van der Waals surface area (Å²) >= 11 is 11.7. The lowest BCUT2D eigenvalue weighted by Crippen LogP contribution is -2.40. The van der Waals surface area contributed by atoms with Gasteiger partial charge in [0.15, 0.2) is 0 Å². The van der Waals surface area contributed by atoms with E-state index in [1.54, 1.807) is 0 Å². The standard InChI is InChI=1S/C11H14Cl2FN3/c1-2-15-11-5-10(16-17-11)6-3-9(14)8(13)4-7(6)12/h3-4,10-11,15-17H,2,5H2,1H3. The third-order valence-electron chi connectivity index (χ3n) is 2.77. The van der Waals surface area contributed by atoms with Crippen LogP contribution in [0.2, 0.25) is 10.0 Å². The van der Waals surface area contributed by atoms with Crippen LogP contribution < -0.4 is 16.2 Å². The van der Waals surface area contributed by atoms with Crippen molar-refractivity contribution >= 4 is 23.2 Å². The fraction of sp³-hybridized carbons (Fsp3) is 0.455. The molecule has 3 nitrogen and oxygen atoms in total. The minimum atomic E-state index is -0.445. The van der Waals surface area contributed by atoms with Crippen molar-refractivity contribution in [3.05, 3.63) is 33.6 Å². The Morgan fingerprint density at radius 1 is 1.35 bits per heavy atom. The molecule has 17 heavy (non-hydrogen) atoms. The Morgan fingerprint density at radius 2 is 2.12 bits per heavy atom. The van der Waals surface area contributed by atoms with E-state index < -0.39 is 5.82 Å². The summed E-state index contributed by atoms with van der Waals surface area (Å²) in [5, 5.41) is 3.78. The highest BCUT2D eigenvalue weighted by molar-refractivity contribution is 6.35. The molecule has 0 spiro atoms. The van der Waals surface area contributed by atoms with Gasteiger partial charge in [-0.2, -0.15) is 0 Å². The SMILES string of the molecule is CCNC1CC(c2cc(F)c(Cl)cc2Cl)NN1. The highest BCUT2D eigenvalue weighted by atomic mass is 35.5. The molecule has 1 heterocycles. The van der Waals surface area contributed by atoms with Crippen LogP contribution in [-0.4, -0.2) is 12.7 Å². The zero-order valence-electron chi connectivity index (χ0n) is 9.36. The number of rotatable bonds is 3. The summed E-state index contributed by atoms with van der Waals surface area (Å²) in [4.78, 5) is 0.